The minimum absolute atomic E-state index is 0.00108. The van der Waals surface area contributed by atoms with Gasteiger partial charge in [0.15, 0.2) is 0 Å². The van der Waals surface area contributed by atoms with Gasteiger partial charge in [0.05, 0.1) is 39.9 Å². The predicted octanol–water partition coefficient (Wildman–Crippen LogP) is 15.5. The van der Waals surface area contributed by atoms with E-state index >= 15 is 0 Å². The van der Waals surface area contributed by atoms with E-state index in [1.165, 1.54) is 154 Å². The van der Waals surface area contributed by atoms with E-state index < -0.39 is 20.0 Å². The van der Waals surface area contributed by atoms with E-state index in [9.17, 15) is 19.4 Å². The normalized spacial score (nSPS) is 14.5. The summed E-state index contributed by atoms with van der Waals surface area (Å²) in [6, 6.07) is -0.883. The third-order valence-electron chi connectivity index (χ3n) is 12.0. The number of aliphatic hydroxyl groups is 1. The Kier molecular flexibility index (Phi) is 46.0. The van der Waals surface area contributed by atoms with E-state index in [0.717, 1.165) is 64.2 Å². The van der Waals surface area contributed by atoms with Gasteiger partial charge < -0.3 is 28.8 Å². The quantitative estimate of drug-likeness (QED) is 0.0272. The maximum Gasteiger partial charge on any atom is 0.268 e. The van der Waals surface area contributed by atoms with Crippen LogP contribution in [0.4, 0.5) is 0 Å². The molecule has 380 valence electrons. The third-order valence-corrected chi connectivity index (χ3v) is 12.9. The molecule has 2 N–H and O–H groups in total. The number of hydrogen-bond donors (Lipinski definition) is 2. The smallest absolute Gasteiger partial charge is 0.268 e. The SMILES string of the molecule is CC/C=C\C/C=C\C/C=C\C/C=C\CCCCCCCCCCCCCCCCCCCCCCCCC(=O)NC(COP(=O)([O-])OCC[N+](C)(C)C)C(O)/C=C/CCCCCCCC. The number of nitrogens with zero attached hydrogens (tertiary/aromatic N) is 1. The molecule has 0 aliphatic heterocycles. The number of amides is 1. The van der Waals surface area contributed by atoms with E-state index in [4.69, 9.17) is 9.05 Å². The van der Waals surface area contributed by atoms with Crippen molar-refractivity contribution >= 4 is 13.7 Å². The van der Waals surface area contributed by atoms with Gasteiger partial charge in [-0.25, -0.2) is 0 Å². The van der Waals surface area contributed by atoms with Gasteiger partial charge >= 0.3 is 0 Å². The van der Waals surface area contributed by atoms with Crippen LogP contribution in [-0.2, 0) is 18.4 Å². The maximum absolute atomic E-state index is 12.9. The van der Waals surface area contributed by atoms with Crippen LogP contribution in [0.25, 0.3) is 0 Å². The molecule has 0 aliphatic rings. The minimum Gasteiger partial charge on any atom is -0.756 e. The molecule has 0 aromatic heterocycles. The van der Waals surface area contributed by atoms with Gasteiger partial charge in [-0.3, -0.25) is 9.36 Å². The van der Waals surface area contributed by atoms with Crippen LogP contribution < -0.4 is 10.2 Å². The Balaban J connectivity index is 3.86. The first-order valence-electron chi connectivity index (χ1n) is 27.2. The van der Waals surface area contributed by atoms with Crippen LogP contribution in [0, 0.1) is 0 Å². The number of phosphoric ester groups is 1. The minimum atomic E-state index is -4.58. The zero-order valence-corrected chi connectivity index (χ0v) is 44.1. The molecule has 0 saturated heterocycles. The fourth-order valence-electron chi connectivity index (χ4n) is 7.73. The highest BCUT2D eigenvalue weighted by Crippen LogP contribution is 2.38. The Morgan fingerprint density at radius 1 is 0.554 bits per heavy atom. The summed E-state index contributed by atoms with van der Waals surface area (Å²) in [6.07, 6.45) is 63.3. The molecular weight excluding hydrogens is 828 g/mol. The van der Waals surface area contributed by atoms with Crippen molar-refractivity contribution < 1.29 is 32.9 Å². The van der Waals surface area contributed by atoms with Crippen LogP contribution in [0.15, 0.2) is 60.8 Å². The second-order valence-corrected chi connectivity index (χ2v) is 21.0. The van der Waals surface area contributed by atoms with E-state index in [-0.39, 0.29) is 19.1 Å². The molecule has 65 heavy (non-hydrogen) atoms. The van der Waals surface area contributed by atoms with Gasteiger partial charge in [-0.2, -0.15) is 0 Å². The Hall–Kier alpha value is -1.80. The summed E-state index contributed by atoms with van der Waals surface area (Å²) in [7, 11) is 1.26. The first-order chi connectivity index (χ1) is 31.5. The standard InChI is InChI=1S/C56H105N2O6P/c1-6-8-10-12-14-16-17-18-19-20-21-22-23-24-25-26-27-28-29-30-31-32-33-34-35-36-37-38-39-40-41-42-44-46-48-50-56(60)57-54(53-64-65(61,62)63-52-51-58(3,4)5)55(59)49-47-45-43-15-13-11-9-7-2/h8,10,14,16,18-19,21-22,47,49,54-55,59H,6-7,9,11-13,15,17,20,23-46,48,50-53H2,1-5H3,(H-,57,60,61,62)/b10-8-,16-14-,19-18-,22-21-,49-47+. The third kappa shape index (κ3) is 49.9. The van der Waals surface area contributed by atoms with Gasteiger partial charge in [-0.1, -0.05) is 235 Å². The number of carbonyl (C=O) groups is 1. The number of quaternary nitrogens is 1. The van der Waals surface area contributed by atoms with E-state index in [1.54, 1.807) is 6.08 Å². The molecule has 0 saturated carbocycles. The van der Waals surface area contributed by atoms with Crippen molar-refractivity contribution in [3.05, 3.63) is 60.8 Å². The summed E-state index contributed by atoms with van der Waals surface area (Å²) in [5.41, 5.74) is 0. The number of aliphatic hydroxyl groups excluding tert-OH is 1. The topological polar surface area (TPSA) is 108 Å². The first-order valence-corrected chi connectivity index (χ1v) is 28.6. The zero-order valence-electron chi connectivity index (χ0n) is 43.2. The molecule has 0 rings (SSSR count). The number of hydrogen-bond acceptors (Lipinski definition) is 6. The Morgan fingerprint density at radius 2 is 0.938 bits per heavy atom. The highest BCUT2D eigenvalue weighted by atomic mass is 31.2. The van der Waals surface area contributed by atoms with E-state index in [2.05, 4.69) is 67.8 Å². The Bertz CT molecular complexity index is 1240. The number of unbranched alkanes of at least 4 members (excludes halogenated alkanes) is 28. The summed E-state index contributed by atoms with van der Waals surface area (Å²) in [6.45, 7) is 4.49. The van der Waals surface area contributed by atoms with Gasteiger partial charge in [-0.15, -0.1) is 0 Å². The lowest BCUT2D eigenvalue weighted by Crippen LogP contribution is -2.45. The van der Waals surface area contributed by atoms with Gasteiger partial charge in [-0.05, 0) is 57.8 Å². The number of nitrogens with one attached hydrogen (secondary N) is 1. The lowest BCUT2D eigenvalue weighted by atomic mass is 10.0. The summed E-state index contributed by atoms with van der Waals surface area (Å²) in [4.78, 5) is 25.3. The molecule has 9 heteroatoms. The van der Waals surface area contributed by atoms with Crippen molar-refractivity contribution in [2.75, 3.05) is 40.9 Å². The lowest BCUT2D eigenvalue weighted by Gasteiger charge is -2.29. The van der Waals surface area contributed by atoms with E-state index in [0.29, 0.717) is 17.4 Å². The molecule has 8 nitrogen and oxygen atoms in total. The molecule has 3 unspecified atom stereocenters. The summed E-state index contributed by atoms with van der Waals surface area (Å²) < 4.78 is 23.2. The molecule has 0 aromatic carbocycles. The second-order valence-electron chi connectivity index (χ2n) is 19.6. The zero-order chi connectivity index (χ0) is 47.8. The fraction of sp³-hybridized carbons (Fsp3) is 0.804. The van der Waals surface area contributed by atoms with E-state index in [1.807, 2.05) is 27.2 Å². The largest absolute Gasteiger partial charge is 0.756 e. The van der Waals surface area contributed by atoms with Crippen molar-refractivity contribution in [1.29, 1.82) is 0 Å². The van der Waals surface area contributed by atoms with Crippen LogP contribution >= 0.6 is 7.82 Å². The van der Waals surface area contributed by atoms with Crippen molar-refractivity contribution in [2.24, 2.45) is 0 Å². The molecule has 1 amide bonds. The summed E-state index contributed by atoms with van der Waals surface area (Å²) in [5.74, 6) is -0.199. The van der Waals surface area contributed by atoms with Crippen molar-refractivity contribution in [2.45, 2.75) is 251 Å². The van der Waals surface area contributed by atoms with Crippen LogP contribution in [0.3, 0.4) is 0 Å². The number of likely N-dealkylation sites (N-methyl/N-ethyl adjacent to an activating group) is 1. The molecule has 0 aliphatic carbocycles. The fourth-order valence-corrected chi connectivity index (χ4v) is 8.46. The number of rotatable bonds is 49. The summed E-state index contributed by atoms with van der Waals surface area (Å²) in [5, 5.41) is 13.7. The Labute approximate surface area is 402 Å². The van der Waals surface area contributed by atoms with Crippen molar-refractivity contribution in [1.82, 2.24) is 5.32 Å². The predicted molar refractivity (Wildman–Crippen MR) is 279 cm³/mol. The molecule has 0 radical (unpaired) electrons. The average molecular weight is 933 g/mol. The first kappa shape index (κ1) is 63.2. The van der Waals surface area contributed by atoms with Crippen LogP contribution in [0.5, 0.6) is 0 Å². The number of phosphoric acid groups is 1. The molecular formula is C56H105N2O6P. The molecule has 0 heterocycles. The number of allylic oxidation sites excluding steroid dienone is 9. The monoisotopic (exact) mass is 933 g/mol. The van der Waals surface area contributed by atoms with Crippen LogP contribution in [-0.4, -0.2) is 68.5 Å². The maximum atomic E-state index is 12.9. The van der Waals surface area contributed by atoms with Gasteiger partial charge in [0.1, 0.15) is 13.2 Å². The molecule has 3 atom stereocenters. The van der Waals surface area contributed by atoms with Crippen molar-refractivity contribution in [3.63, 3.8) is 0 Å². The highest BCUT2D eigenvalue weighted by molar-refractivity contribution is 7.45. The van der Waals surface area contributed by atoms with Gasteiger partial charge in [0, 0.05) is 6.42 Å². The molecule has 0 fully saturated rings. The van der Waals surface area contributed by atoms with Gasteiger partial charge in [0.25, 0.3) is 7.82 Å². The van der Waals surface area contributed by atoms with Crippen LogP contribution in [0.1, 0.15) is 239 Å². The lowest BCUT2D eigenvalue weighted by molar-refractivity contribution is -0.870. The highest BCUT2D eigenvalue weighted by Gasteiger charge is 2.23. The molecule has 0 aromatic rings. The number of carbonyl (C=O) groups excluding carboxylic acids is 1. The molecule has 0 spiro atoms. The summed E-state index contributed by atoms with van der Waals surface area (Å²) >= 11 is 0. The average Bonchev–Trinajstić information content (AvgIpc) is 3.26. The van der Waals surface area contributed by atoms with Gasteiger partial charge in [0.2, 0.25) is 5.91 Å². The van der Waals surface area contributed by atoms with Crippen molar-refractivity contribution in [3.8, 4) is 0 Å². The molecule has 0 bridgehead atoms. The van der Waals surface area contributed by atoms with Crippen LogP contribution in [0.2, 0.25) is 0 Å². The second kappa shape index (κ2) is 47.3. The Morgan fingerprint density at radius 3 is 1.37 bits per heavy atom.